The molecule has 1 heterocycles. The van der Waals surface area contributed by atoms with Gasteiger partial charge in [-0.1, -0.05) is 30.9 Å². The van der Waals surface area contributed by atoms with E-state index in [9.17, 15) is 5.26 Å². The van der Waals surface area contributed by atoms with E-state index >= 15 is 0 Å². The summed E-state index contributed by atoms with van der Waals surface area (Å²) in [5.41, 5.74) is 1.64. The molecule has 0 aromatic carbocycles. The molecule has 1 aliphatic rings. The molecule has 0 unspecified atom stereocenters. The van der Waals surface area contributed by atoms with E-state index in [1.807, 2.05) is 18.7 Å². The van der Waals surface area contributed by atoms with Crippen molar-refractivity contribution in [3.05, 3.63) is 16.4 Å². The van der Waals surface area contributed by atoms with Crippen LogP contribution in [0.5, 0.6) is 0 Å². The Morgan fingerprint density at radius 1 is 1.41 bits per heavy atom. The van der Waals surface area contributed by atoms with Crippen LogP contribution in [0.4, 0.5) is 0 Å². The lowest BCUT2D eigenvalue weighted by atomic mass is 9.72. The smallest absolute Gasteiger partial charge is 0.0847 e. The molecule has 0 radical (unpaired) electrons. The fourth-order valence-electron chi connectivity index (χ4n) is 2.75. The molecule has 0 aliphatic heterocycles. The summed E-state index contributed by atoms with van der Waals surface area (Å²) in [6.45, 7) is 1.91. The van der Waals surface area contributed by atoms with Gasteiger partial charge in [-0.05, 0) is 19.8 Å². The van der Waals surface area contributed by atoms with Crippen molar-refractivity contribution >= 4 is 11.6 Å². The molecule has 1 aromatic rings. The van der Waals surface area contributed by atoms with Crippen LogP contribution >= 0.6 is 11.6 Å². The molecule has 17 heavy (non-hydrogen) atoms. The van der Waals surface area contributed by atoms with E-state index in [0.29, 0.717) is 0 Å². The van der Waals surface area contributed by atoms with Crippen molar-refractivity contribution in [1.29, 1.82) is 5.26 Å². The number of nitrogens with zero attached hydrogens (tertiary/aromatic N) is 3. The van der Waals surface area contributed by atoms with Gasteiger partial charge in [0, 0.05) is 13.5 Å². The number of hydrogen-bond acceptors (Lipinski definition) is 2. The van der Waals surface area contributed by atoms with Gasteiger partial charge in [0.15, 0.2) is 0 Å². The van der Waals surface area contributed by atoms with Gasteiger partial charge in [0.2, 0.25) is 0 Å². The molecule has 2 rings (SSSR count). The molecule has 0 N–H and O–H groups in total. The zero-order valence-corrected chi connectivity index (χ0v) is 11.2. The van der Waals surface area contributed by atoms with E-state index in [2.05, 4.69) is 11.2 Å². The predicted octanol–water partition coefficient (Wildman–Crippen LogP) is 3.40. The first-order chi connectivity index (χ1) is 8.08. The second-order valence-electron chi connectivity index (χ2n) is 5.10. The molecule has 0 amide bonds. The molecule has 1 fully saturated rings. The largest absolute Gasteiger partial charge is 0.271 e. The molecule has 0 atom stereocenters. The molecule has 3 nitrogen and oxygen atoms in total. The fraction of sp³-hybridized carbons (Fsp3) is 0.692. The van der Waals surface area contributed by atoms with Crippen LogP contribution in [0.25, 0.3) is 0 Å². The number of nitriles is 1. The van der Waals surface area contributed by atoms with E-state index in [1.54, 1.807) is 0 Å². The molecule has 92 valence electrons. The Hall–Kier alpha value is -1.01. The first-order valence-electron chi connectivity index (χ1n) is 6.17. The van der Waals surface area contributed by atoms with Gasteiger partial charge in [-0.25, -0.2) is 0 Å². The van der Waals surface area contributed by atoms with Crippen molar-refractivity contribution in [1.82, 2.24) is 9.78 Å². The average molecular weight is 252 g/mol. The summed E-state index contributed by atoms with van der Waals surface area (Å²) in [5, 5.41) is 14.5. The van der Waals surface area contributed by atoms with Gasteiger partial charge in [-0.15, -0.1) is 0 Å². The highest BCUT2D eigenvalue weighted by Crippen LogP contribution is 2.40. The van der Waals surface area contributed by atoms with Gasteiger partial charge < -0.3 is 0 Å². The maximum absolute atomic E-state index is 9.47. The minimum absolute atomic E-state index is 0.220. The number of aromatic nitrogens is 2. The zero-order chi connectivity index (χ0) is 12.5. The maximum Gasteiger partial charge on any atom is 0.0847 e. The molecule has 1 aromatic heterocycles. The number of halogens is 1. The zero-order valence-electron chi connectivity index (χ0n) is 10.5. The van der Waals surface area contributed by atoms with Crippen LogP contribution in [0, 0.1) is 23.7 Å². The third-order valence-corrected chi connectivity index (χ3v) is 4.31. The molecular formula is C13H18ClN3. The van der Waals surface area contributed by atoms with Crippen LogP contribution in [-0.4, -0.2) is 9.78 Å². The maximum atomic E-state index is 9.47. The SMILES string of the molecule is Cc1nn(C)c(CC2(C#N)CCCCC2)c1Cl. The van der Waals surface area contributed by atoms with Crippen molar-refractivity contribution in [2.75, 3.05) is 0 Å². The minimum atomic E-state index is -0.220. The van der Waals surface area contributed by atoms with Gasteiger partial charge >= 0.3 is 0 Å². The van der Waals surface area contributed by atoms with Crippen LogP contribution in [-0.2, 0) is 13.5 Å². The van der Waals surface area contributed by atoms with E-state index in [0.717, 1.165) is 48.5 Å². The molecular weight excluding hydrogens is 234 g/mol. The first kappa shape index (κ1) is 12.4. The molecule has 0 bridgehead atoms. The van der Waals surface area contributed by atoms with Crippen molar-refractivity contribution in [3.8, 4) is 6.07 Å². The lowest BCUT2D eigenvalue weighted by molar-refractivity contribution is 0.261. The van der Waals surface area contributed by atoms with Gasteiger partial charge in [-0.2, -0.15) is 10.4 Å². The average Bonchev–Trinajstić information content (AvgIpc) is 2.57. The Kier molecular flexibility index (Phi) is 3.44. The van der Waals surface area contributed by atoms with Gasteiger partial charge in [-0.3, -0.25) is 4.68 Å². The second kappa shape index (κ2) is 4.70. The van der Waals surface area contributed by atoms with Crippen molar-refractivity contribution < 1.29 is 0 Å². The van der Waals surface area contributed by atoms with Crippen LogP contribution in [0.15, 0.2) is 0 Å². The van der Waals surface area contributed by atoms with Crippen LogP contribution in [0.2, 0.25) is 5.02 Å². The van der Waals surface area contributed by atoms with Gasteiger partial charge in [0.1, 0.15) is 0 Å². The quantitative estimate of drug-likeness (QED) is 0.808. The Morgan fingerprint density at radius 2 is 2.06 bits per heavy atom. The third kappa shape index (κ3) is 2.32. The second-order valence-corrected chi connectivity index (χ2v) is 5.48. The summed E-state index contributed by atoms with van der Waals surface area (Å²) in [7, 11) is 1.90. The molecule has 0 saturated heterocycles. The first-order valence-corrected chi connectivity index (χ1v) is 6.55. The Bertz CT molecular complexity index is 450. The fourth-order valence-corrected chi connectivity index (χ4v) is 2.98. The van der Waals surface area contributed by atoms with Gasteiger partial charge in [0.05, 0.1) is 27.9 Å². The predicted molar refractivity (Wildman–Crippen MR) is 67.8 cm³/mol. The Morgan fingerprint density at radius 3 is 2.53 bits per heavy atom. The Balaban J connectivity index is 2.27. The Labute approximate surface area is 107 Å². The summed E-state index contributed by atoms with van der Waals surface area (Å²) in [4.78, 5) is 0. The van der Waals surface area contributed by atoms with Crippen LogP contribution < -0.4 is 0 Å². The van der Waals surface area contributed by atoms with Crippen LogP contribution in [0.1, 0.15) is 43.5 Å². The highest BCUT2D eigenvalue weighted by molar-refractivity contribution is 6.31. The number of rotatable bonds is 2. The van der Waals surface area contributed by atoms with Crippen molar-refractivity contribution in [3.63, 3.8) is 0 Å². The molecule has 0 spiro atoms. The highest BCUT2D eigenvalue weighted by atomic mass is 35.5. The van der Waals surface area contributed by atoms with E-state index in [1.165, 1.54) is 6.42 Å². The van der Waals surface area contributed by atoms with E-state index in [-0.39, 0.29) is 5.41 Å². The summed E-state index contributed by atoms with van der Waals surface area (Å²) in [6.07, 6.45) is 6.28. The summed E-state index contributed by atoms with van der Waals surface area (Å²) >= 11 is 6.26. The lowest BCUT2D eigenvalue weighted by Crippen LogP contribution is -2.26. The highest BCUT2D eigenvalue weighted by Gasteiger charge is 2.34. The standard InChI is InChI=1S/C13H18ClN3/c1-10-12(14)11(17(2)16-10)8-13(9-15)6-4-3-5-7-13/h3-8H2,1-2H3. The molecule has 1 aliphatic carbocycles. The van der Waals surface area contributed by atoms with Crippen molar-refractivity contribution in [2.24, 2.45) is 12.5 Å². The summed E-state index contributed by atoms with van der Waals surface area (Å²) in [5.74, 6) is 0. The van der Waals surface area contributed by atoms with E-state index < -0.39 is 0 Å². The number of hydrogen-bond donors (Lipinski definition) is 0. The minimum Gasteiger partial charge on any atom is -0.271 e. The van der Waals surface area contributed by atoms with E-state index in [4.69, 9.17) is 11.6 Å². The normalized spacial score (nSPS) is 18.9. The summed E-state index contributed by atoms with van der Waals surface area (Å²) < 4.78 is 1.82. The molecule has 1 saturated carbocycles. The molecule has 4 heteroatoms. The topological polar surface area (TPSA) is 41.6 Å². The van der Waals surface area contributed by atoms with Gasteiger partial charge in [0.25, 0.3) is 0 Å². The van der Waals surface area contributed by atoms with Crippen molar-refractivity contribution in [2.45, 2.75) is 45.4 Å². The monoisotopic (exact) mass is 251 g/mol. The van der Waals surface area contributed by atoms with Crippen LogP contribution in [0.3, 0.4) is 0 Å². The lowest BCUT2D eigenvalue weighted by Gasteiger charge is -2.30. The summed E-state index contributed by atoms with van der Waals surface area (Å²) in [6, 6.07) is 2.53. The number of aryl methyl sites for hydroxylation is 2. The third-order valence-electron chi connectivity index (χ3n) is 3.82.